The molecule has 3 aromatic rings. The molecule has 3 rings (SSSR count). The molecular formula is C21H18N4O3. The van der Waals surface area contributed by atoms with Gasteiger partial charge >= 0.3 is 0 Å². The van der Waals surface area contributed by atoms with Crippen molar-refractivity contribution in [1.82, 2.24) is 14.7 Å². The maximum absolute atomic E-state index is 12.7. The van der Waals surface area contributed by atoms with E-state index < -0.39 is 17.3 Å². The number of amides is 1. The highest BCUT2D eigenvalue weighted by Crippen LogP contribution is 2.16. The fourth-order valence-corrected chi connectivity index (χ4v) is 2.78. The zero-order valence-electron chi connectivity index (χ0n) is 15.2. The number of aryl methyl sites for hydroxylation is 1. The summed E-state index contributed by atoms with van der Waals surface area (Å²) in [4.78, 5) is 29.0. The molecule has 0 radical (unpaired) electrons. The number of carbonyl (C=O) groups is 1. The van der Waals surface area contributed by atoms with Crippen molar-refractivity contribution >= 4 is 17.6 Å². The van der Waals surface area contributed by atoms with Crippen LogP contribution in [0.15, 0.2) is 59.0 Å². The van der Waals surface area contributed by atoms with Gasteiger partial charge in [-0.25, -0.2) is 0 Å². The number of nitrogens with one attached hydrogen (secondary N) is 1. The second kappa shape index (κ2) is 8.18. The summed E-state index contributed by atoms with van der Waals surface area (Å²) in [6, 6.07) is 14.8. The van der Waals surface area contributed by atoms with E-state index in [0.29, 0.717) is 24.2 Å². The summed E-state index contributed by atoms with van der Waals surface area (Å²) in [5.74, 6) is -1.14. The second-order valence-electron chi connectivity index (χ2n) is 6.20. The van der Waals surface area contributed by atoms with Gasteiger partial charge in [0.05, 0.1) is 0 Å². The van der Waals surface area contributed by atoms with Gasteiger partial charge in [0.1, 0.15) is 22.9 Å². The Labute approximate surface area is 161 Å². The van der Waals surface area contributed by atoms with Crippen molar-refractivity contribution in [2.24, 2.45) is 0 Å². The fourth-order valence-electron chi connectivity index (χ4n) is 2.78. The molecule has 2 N–H and O–H groups in total. The Kier molecular flexibility index (Phi) is 5.51. The minimum atomic E-state index is -0.619. The van der Waals surface area contributed by atoms with E-state index in [1.54, 1.807) is 25.1 Å². The lowest BCUT2D eigenvalue weighted by molar-refractivity contribution is -0.117. The van der Waals surface area contributed by atoms with Gasteiger partial charge in [0, 0.05) is 12.7 Å². The van der Waals surface area contributed by atoms with Crippen molar-refractivity contribution in [3.63, 3.8) is 0 Å². The van der Waals surface area contributed by atoms with Crippen LogP contribution in [0.3, 0.4) is 0 Å². The molecule has 2 aromatic heterocycles. The predicted molar refractivity (Wildman–Crippen MR) is 105 cm³/mol. The smallest absolute Gasteiger partial charge is 0.269 e. The molecule has 7 nitrogen and oxygen atoms in total. The van der Waals surface area contributed by atoms with E-state index in [2.05, 4.69) is 10.3 Å². The fraction of sp³-hybridized carbons (Fsp3) is 0.143. The van der Waals surface area contributed by atoms with Crippen LogP contribution in [0.1, 0.15) is 16.7 Å². The second-order valence-corrected chi connectivity index (χ2v) is 6.20. The minimum Gasteiger partial charge on any atom is -0.493 e. The summed E-state index contributed by atoms with van der Waals surface area (Å²) >= 11 is 0. The first kappa shape index (κ1) is 18.9. The summed E-state index contributed by atoms with van der Waals surface area (Å²) in [5, 5.41) is 22.1. The first-order chi connectivity index (χ1) is 13.5. The zero-order valence-corrected chi connectivity index (χ0v) is 15.2. The van der Waals surface area contributed by atoms with E-state index in [1.807, 2.05) is 30.3 Å². The van der Waals surface area contributed by atoms with Crippen LogP contribution >= 0.6 is 0 Å². The molecule has 1 aromatic carbocycles. The lowest BCUT2D eigenvalue weighted by atomic mass is 10.1. The quantitative estimate of drug-likeness (QED) is 0.524. The van der Waals surface area contributed by atoms with Gasteiger partial charge in [0.25, 0.3) is 11.5 Å². The average molecular weight is 374 g/mol. The average Bonchev–Trinajstić information content (AvgIpc) is 2.70. The number of benzene rings is 1. The highest BCUT2D eigenvalue weighted by molar-refractivity contribution is 6.01. The molecule has 1 amide bonds. The SMILES string of the molecule is Cc1cccn2c(=O)c(C=C(C#N)C(=O)NCCc3ccccc3)c(O)nc12. The number of hydrogen-bond acceptors (Lipinski definition) is 5. The van der Waals surface area contributed by atoms with Gasteiger partial charge in [-0.2, -0.15) is 10.2 Å². The molecular weight excluding hydrogens is 356 g/mol. The summed E-state index contributed by atoms with van der Waals surface area (Å²) < 4.78 is 1.27. The summed E-state index contributed by atoms with van der Waals surface area (Å²) in [6.07, 6.45) is 3.19. The molecule has 0 bridgehead atoms. The summed E-state index contributed by atoms with van der Waals surface area (Å²) in [7, 11) is 0. The van der Waals surface area contributed by atoms with E-state index in [1.165, 1.54) is 10.6 Å². The molecule has 0 spiro atoms. The third-order valence-electron chi connectivity index (χ3n) is 4.26. The van der Waals surface area contributed by atoms with Crippen LogP contribution in [-0.4, -0.2) is 26.9 Å². The Hall–Kier alpha value is -3.92. The topological polar surface area (TPSA) is 107 Å². The molecule has 28 heavy (non-hydrogen) atoms. The van der Waals surface area contributed by atoms with Crippen LogP contribution in [0.2, 0.25) is 0 Å². The van der Waals surface area contributed by atoms with Crippen molar-refractivity contribution in [2.75, 3.05) is 6.54 Å². The third kappa shape index (κ3) is 3.91. The number of rotatable bonds is 5. The number of aromatic hydroxyl groups is 1. The highest BCUT2D eigenvalue weighted by atomic mass is 16.3. The van der Waals surface area contributed by atoms with Crippen molar-refractivity contribution in [3.8, 4) is 11.9 Å². The highest BCUT2D eigenvalue weighted by Gasteiger charge is 2.15. The van der Waals surface area contributed by atoms with Crippen LogP contribution in [0.25, 0.3) is 11.7 Å². The standard InChI is InChI=1S/C21H18N4O3/c1-14-6-5-11-25-18(14)24-20(27)17(21(25)28)12-16(13-22)19(26)23-10-9-15-7-3-2-4-8-15/h2-8,11-12,27H,9-10H2,1H3,(H,23,26). The van der Waals surface area contributed by atoms with Crippen LogP contribution in [0.5, 0.6) is 5.88 Å². The molecule has 0 fully saturated rings. The number of fused-ring (bicyclic) bond motifs is 1. The third-order valence-corrected chi connectivity index (χ3v) is 4.26. The van der Waals surface area contributed by atoms with Gasteiger partial charge in [0.15, 0.2) is 0 Å². The van der Waals surface area contributed by atoms with Crippen LogP contribution < -0.4 is 10.9 Å². The Morgan fingerprint density at radius 3 is 2.75 bits per heavy atom. The molecule has 0 atom stereocenters. The van der Waals surface area contributed by atoms with Crippen LogP contribution in [0, 0.1) is 18.3 Å². The zero-order chi connectivity index (χ0) is 20.1. The predicted octanol–water partition coefficient (Wildman–Crippen LogP) is 1.97. The minimum absolute atomic E-state index is 0.210. The van der Waals surface area contributed by atoms with E-state index in [-0.39, 0.29) is 11.1 Å². The largest absolute Gasteiger partial charge is 0.493 e. The van der Waals surface area contributed by atoms with E-state index in [9.17, 15) is 20.0 Å². The van der Waals surface area contributed by atoms with Gasteiger partial charge in [-0.1, -0.05) is 36.4 Å². The molecule has 140 valence electrons. The summed E-state index contributed by atoms with van der Waals surface area (Å²) in [5.41, 5.74) is 1.02. The Morgan fingerprint density at radius 1 is 1.29 bits per heavy atom. The molecule has 0 aliphatic rings. The van der Waals surface area contributed by atoms with Crippen LogP contribution in [-0.2, 0) is 11.2 Å². The van der Waals surface area contributed by atoms with E-state index >= 15 is 0 Å². The van der Waals surface area contributed by atoms with Gasteiger partial charge < -0.3 is 10.4 Å². The lowest BCUT2D eigenvalue weighted by Crippen LogP contribution is -2.27. The molecule has 7 heteroatoms. The number of nitriles is 1. The lowest BCUT2D eigenvalue weighted by Gasteiger charge is -2.07. The number of pyridine rings is 1. The maximum atomic E-state index is 12.7. The first-order valence-electron chi connectivity index (χ1n) is 8.66. The number of nitrogens with zero attached hydrogens (tertiary/aromatic N) is 3. The van der Waals surface area contributed by atoms with E-state index in [0.717, 1.165) is 11.6 Å². The van der Waals surface area contributed by atoms with Gasteiger partial charge in [0.2, 0.25) is 5.88 Å². The van der Waals surface area contributed by atoms with Crippen LogP contribution in [0.4, 0.5) is 0 Å². The van der Waals surface area contributed by atoms with Crippen molar-refractivity contribution in [2.45, 2.75) is 13.3 Å². The van der Waals surface area contributed by atoms with Crippen molar-refractivity contribution < 1.29 is 9.90 Å². The van der Waals surface area contributed by atoms with Gasteiger partial charge in [-0.05, 0) is 36.6 Å². The molecule has 0 aliphatic carbocycles. The molecule has 0 unspecified atom stereocenters. The molecule has 0 aliphatic heterocycles. The monoisotopic (exact) mass is 374 g/mol. The Bertz CT molecular complexity index is 1160. The molecule has 0 saturated heterocycles. The normalized spacial score (nSPS) is 11.2. The van der Waals surface area contributed by atoms with Gasteiger partial charge in [-0.3, -0.25) is 14.0 Å². The van der Waals surface area contributed by atoms with Crippen molar-refractivity contribution in [3.05, 3.63) is 81.3 Å². The van der Waals surface area contributed by atoms with Crippen molar-refractivity contribution in [1.29, 1.82) is 5.26 Å². The maximum Gasteiger partial charge on any atom is 0.269 e. The number of hydrogen-bond donors (Lipinski definition) is 2. The molecule has 0 saturated carbocycles. The number of aromatic nitrogens is 2. The van der Waals surface area contributed by atoms with Gasteiger partial charge in [-0.15, -0.1) is 0 Å². The number of carbonyl (C=O) groups excluding carboxylic acids is 1. The first-order valence-corrected chi connectivity index (χ1v) is 8.66. The summed E-state index contributed by atoms with van der Waals surface area (Å²) in [6.45, 7) is 2.10. The Morgan fingerprint density at radius 2 is 2.04 bits per heavy atom. The molecule has 2 heterocycles. The Balaban J connectivity index is 1.85. The van der Waals surface area contributed by atoms with E-state index in [4.69, 9.17) is 0 Å².